The molecule has 24 heavy (non-hydrogen) atoms. The summed E-state index contributed by atoms with van der Waals surface area (Å²) >= 11 is 7.59. The first kappa shape index (κ1) is 18.8. The number of benzene rings is 2. The molecular weight excluding hydrogens is 365 g/mol. The van der Waals surface area contributed by atoms with Crippen LogP contribution in [-0.2, 0) is 12.2 Å². The second-order valence-electron chi connectivity index (χ2n) is 5.08. The number of hydrogen-bond donors (Lipinski definition) is 1. The molecule has 0 radical (unpaired) electrons. The van der Waals surface area contributed by atoms with Crippen molar-refractivity contribution in [3.8, 4) is 0 Å². The molecule has 0 aliphatic carbocycles. The Kier molecular flexibility index (Phi) is 7.12. The minimum atomic E-state index is -0.306. The van der Waals surface area contributed by atoms with Gasteiger partial charge in [-0.2, -0.15) is 0 Å². The van der Waals surface area contributed by atoms with E-state index in [-0.39, 0.29) is 18.4 Å². The van der Waals surface area contributed by atoms with Crippen molar-refractivity contribution in [2.75, 3.05) is 0 Å². The fourth-order valence-corrected chi connectivity index (χ4v) is 3.19. The smallest absolute Gasteiger partial charge is 0.276 e. The van der Waals surface area contributed by atoms with Crippen LogP contribution in [0.15, 0.2) is 64.2 Å². The molecule has 0 aliphatic rings. The summed E-state index contributed by atoms with van der Waals surface area (Å²) in [6.07, 6.45) is 0.664. The summed E-state index contributed by atoms with van der Waals surface area (Å²) in [5, 5.41) is 9.34. The highest BCUT2D eigenvalue weighted by atomic mass is 35.5. The van der Waals surface area contributed by atoms with Crippen LogP contribution < -0.4 is 18.1 Å². The van der Waals surface area contributed by atoms with Gasteiger partial charge >= 0.3 is 0 Å². The zero-order chi connectivity index (χ0) is 16.1. The van der Waals surface area contributed by atoms with Crippen LogP contribution in [0.3, 0.4) is 0 Å². The van der Waals surface area contributed by atoms with Crippen molar-refractivity contribution in [2.45, 2.75) is 23.4 Å². The lowest BCUT2D eigenvalue weighted by atomic mass is 10.1. The van der Waals surface area contributed by atoms with Gasteiger partial charge in [0.05, 0.1) is 6.04 Å². The molecule has 0 spiro atoms. The van der Waals surface area contributed by atoms with Crippen molar-refractivity contribution in [3.05, 3.63) is 76.6 Å². The largest absolute Gasteiger partial charge is 1.00 e. The Hall–Kier alpha value is -1.53. The molecule has 1 aromatic heterocycles. The van der Waals surface area contributed by atoms with E-state index in [0.29, 0.717) is 23.3 Å². The average molecular weight is 381 g/mol. The predicted octanol–water partition coefficient (Wildman–Crippen LogP) is 1.26. The minimum Gasteiger partial charge on any atom is -1.00 e. The second-order valence-corrected chi connectivity index (χ2v) is 6.42. The quantitative estimate of drug-likeness (QED) is 0.652. The summed E-state index contributed by atoms with van der Waals surface area (Å²) in [6.45, 7) is 0. The van der Waals surface area contributed by atoms with E-state index in [4.69, 9.17) is 21.8 Å². The van der Waals surface area contributed by atoms with Crippen LogP contribution in [0, 0.1) is 0 Å². The number of nitrogens with two attached hydrogens (primary N) is 1. The van der Waals surface area contributed by atoms with Gasteiger partial charge < -0.3 is 22.6 Å². The summed E-state index contributed by atoms with van der Waals surface area (Å²) in [5.74, 6) is 1.13. The highest BCUT2D eigenvalue weighted by molar-refractivity contribution is 7.98. The molecule has 3 rings (SSSR count). The Labute approximate surface area is 156 Å². The molecule has 3 aromatic rings. The predicted molar refractivity (Wildman–Crippen MR) is 92.4 cm³/mol. The average Bonchev–Trinajstić information content (AvgIpc) is 3.04. The number of nitrogens with zero attached hydrogens (tertiary/aromatic N) is 2. The van der Waals surface area contributed by atoms with E-state index < -0.39 is 0 Å². The SMILES string of the molecule is N[C@@H](Cc1ccccc1)c1nnc(SCc2ccccc2Cl)o1.[Cl-]. The first-order valence-corrected chi connectivity index (χ1v) is 8.58. The topological polar surface area (TPSA) is 64.9 Å². The van der Waals surface area contributed by atoms with Gasteiger partial charge in [0.1, 0.15) is 0 Å². The van der Waals surface area contributed by atoms with Crippen molar-refractivity contribution < 1.29 is 16.8 Å². The van der Waals surface area contributed by atoms with Gasteiger partial charge in [0.25, 0.3) is 5.22 Å². The van der Waals surface area contributed by atoms with Gasteiger partial charge in [0, 0.05) is 10.8 Å². The van der Waals surface area contributed by atoms with Crippen molar-refractivity contribution in [2.24, 2.45) is 5.73 Å². The Morgan fingerprint density at radius 2 is 1.75 bits per heavy atom. The third-order valence-corrected chi connectivity index (χ3v) is 4.58. The fourth-order valence-electron chi connectivity index (χ4n) is 2.14. The van der Waals surface area contributed by atoms with Gasteiger partial charge in [0.2, 0.25) is 5.89 Å². The Balaban J connectivity index is 0.00000208. The lowest BCUT2D eigenvalue weighted by molar-refractivity contribution is -0.00000521. The van der Waals surface area contributed by atoms with Crippen LogP contribution in [-0.4, -0.2) is 10.2 Å². The molecule has 0 amide bonds. The second kappa shape index (κ2) is 9.08. The van der Waals surface area contributed by atoms with Gasteiger partial charge in [-0.3, -0.25) is 0 Å². The van der Waals surface area contributed by atoms with Crippen LogP contribution >= 0.6 is 23.4 Å². The number of rotatable bonds is 6. The summed E-state index contributed by atoms with van der Waals surface area (Å²) in [4.78, 5) is 0. The maximum absolute atomic E-state index is 6.15. The van der Waals surface area contributed by atoms with Crippen LogP contribution in [0.1, 0.15) is 23.1 Å². The third kappa shape index (κ3) is 4.98. The Bertz CT molecular complexity index is 767. The number of hydrogen-bond acceptors (Lipinski definition) is 5. The van der Waals surface area contributed by atoms with E-state index in [2.05, 4.69) is 10.2 Å². The van der Waals surface area contributed by atoms with E-state index >= 15 is 0 Å². The Morgan fingerprint density at radius 3 is 2.50 bits per heavy atom. The van der Waals surface area contributed by atoms with Crippen LogP contribution in [0.2, 0.25) is 5.02 Å². The molecule has 2 aromatic carbocycles. The third-order valence-electron chi connectivity index (χ3n) is 3.35. The zero-order valence-corrected chi connectivity index (χ0v) is 15.1. The summed E-state index contributed by atoms with van der Waals surface area (Å²) in [7, 11) is 0. The molecule has 0 unspecified atom stereocenters. The lowest BCUT2D eigenvalue weighted by Crippen LogP contribution is -3.00. The highest BCUT2D eigenvalue weighted by Gasteiger charge is 2.15. The standard InChI is InChI=1S/C17H16ClN3OS.ClH/c18-14-9-5-4-8-13(14)11-23-17-21-20-16(22-17)15(19)10-12-6-2-1-3-7-12;/h1-9,15H,10-11,19H2;1H/p-1/t15-;/m0./s1. The van der Waals surface area contributed by atoms with Gasteiger partial charge in [-0.05, 0) is 23.6 Å². The van der Waals surface area contributed by atoms with E-state index in [1.54, 1.807) is 0 Å². The molecule has 7 heteroatoms. The van der Waals surface area contributed by atoms with Gasteiger partial charge in [-0.15, -0.1) is 10.2 Å². The molecule has 126 valence electrons. The highest BCUT2D eigenvalue weighted by Crippen LogP contribution is 2.27. The molecule has 0 saturated carbocycles. The molecule has 4 nitrogen and oxygen atoms in total. The molecule has 0 aliphatic heterocycles. The zero-order valence-electron chi connectivity index (χ0n) is 12.7. The van der Waals surface area contributed by atoms with Crippen molar-refractivity contribution in [3.63, 3.8) is 0 Å². The van der Waals surface area contributed by atoms with Crippen molar-refractivity contribution in [1.29, 1.82) is 0 Å². The van der Waals surface area contributed by atoms with E-state index in [1.807, 2.05) is 54.6 Å². The van der Waals surface area contributed by atoms with Crippen LogP contribution in [0.25, 0.3) is 0 Å². The van der Waals surface area contributed by atoms with Gasteiger partial charge in [0.15, 0.2) is 0 Å². The maximum Gasteiger partial charge on any atom is 0.276 e. The summed E-state index contributed by atoms with van der Waals surface area (Å²) in [5.41, 5.74) is 8.32. The van der Waals surface area contributed by atoms with Crippen molar-refractivity contribution in [1.82, 2.24) is 10.2 Å². The lowest BCUT2D eigenvalue weighted by Gasteiger charge is -2.06. The molecule has 0 saturated heterocycles. The number of thioether (sulfide) groups is 1. The van der Waals surface area contributed by atoms with Crippen LogP contribution in [0.5, 0.6) is 0 Å². The van der Waals surface area contributed by atoms with Crippen molar-refractivity contribution >= 4 is 23.4 Å². The fraction of sp³-hybridized carbons (Fsp3) is 0.176. The molecular formula is C17H16Cl2N3OS-. The number of halogens is 2. The molecule has 0 bridgehead atoms. The number of aromatic nitrogens is 2. The Morgan fingerprint density at radius 1 is 1.04 bits per heavy atom. The molecule has 0 fully saturated rings. The van der Waals surface area contributed by atoms with Gasteiger partial charge in [-0.25, -0.2) is 0 Å². The van der Waals surface area contributed by atoms with E-state index in [0.717, 1.165) is 16.1 Å². The first-order valence-electron chi connectivity index (χ1n) is 7.21. The van der Waals surface area contributed by atoms with Crippen LogP contribution in [0.4, 0.5) is 0 Å². The van der Waals surface area contributed by atoms with E-state index in [9.17, 15) is 0 Å². The first-order chi connectivity index (χ1) is 11.2. The summed E-state index contributed by atoms with van der Waals surface area (Å²) < 4.78 is 5.65. The van der Waals surface area contributed by atoms with Gasteiger partial charge in [-0.1, -0.05) is 71.9 Å². The monoisotopic (exact) mass is 380 g/mol. The summed E-state index contributed by atoms with van der Waals surface area (Å²) in [6, 6.07) is 17.4. The van der Waals surface area contributed by atoms with E-state index in [1.165, 1.54) is 11.8 Å². The molecule has 1 heterocycles. The molecule has 2 N–H and O–H groups in total. The minimum absolute atomic E-state index is 0. The normalized spacial score (nSPS) is 11.8. The molecule has 1 atom stereocenters. The maximum atomic E-state index is 6.15.